The summed E-state index contributed by atoms with van der Waals surface area (Å²) < 4.78 is 37.2. The number of carboxylic acid groups (broad SMARTS) is 1. The average molecular weight is 339 g/mol. The number of likely N-dealkylation sites (tertiary alicyclic amines) is 1. The van der Waals surface area contributed by atoms with Crippen molar-refractivity contribution >= 4 is 17.9 Å². The van der Waals surface area contributed by atoms with Gasteiger partial charge in [0.2, 0.25) is 5.91 Å². The number of carboxylic acids is 1. The minimum absolute atomic E-state index is 0.00337. The first kappa shape index (κ1) is 19.0. The van der Waals surface area contributed by atoms with Crippen LogP contribution >= 0.6 is 0 Å². The number of carbonyl (C=O) groups excluding carboxylic acids is 2. The molecule has 0 bridgehead atoms. The lowest BCUT2D eigenvalue weighted by molar-refractivity contribution is -0.164. The number of piperidine rings is 1. The molecule has 2 atom stereocenters. The summed E-state index contributed by atoms with van der Waals surface area (Å²) in [5, 5.41) is 11.2. The SMILES string of the molecule is CC(CN(C)C(=O)NC1CCCN(CC(F)(F)F)C1=O)C(=O)O. The topological polar surface area (TPSA) is 90.0 Å². The molecule has 1 aliphatic heterocycles. The molecular formula is C13H20F3N3O4. The number of aliphatic carboxylic acids is 1. The second-order valence-electron chi connectivity index (χ2n) is 5.64. The quantitative estimate of drug-likeness (QED) is 0.779. The maximum Gasteiger partial charge on any atom is 0.406 e. The molecule has 0 aromatic rings. The molecule has 3 amide bonds. The standard InChI is InChI=1S/C13H20F3N3O4/c1-8(11(21)22)6-18(2)12(23)17-9-4-3-5-19(10(9)20)7-13(14,15)16/h8-9H,3-7H2,1-2H3,(H,17,23)(H,21,22). The summed E-state index contributed by atoms with van der Waals surface area (Å²) in [4.78, 5) is 36.4. The smallest absolute Gasteiger partial charge is 0.406 e. The molecule has 0 aromatic heterocycles. The second-order valence-corrected chi connectivity index (χ2v) is 5.64. The lowest BCUT2D eigenvalue weighted by Gasteiger charge is -2.34. The first-order valence-electron chi connectivity index (χ1n) is 7.11. The summed E-state index contributed by atoms with van der Waals surface area (Å²) in [5.74, 6) is -2.65. The van der Waals surface area contributed by atoms with E-state index in [4.69, 9.17) is 5.11 Å². The Morgan fingerprint density at radius 2 is 2.09 bits per heavy atom. The molecule has 0 saturated carbocycles. The van der Waals surface area contributed by atoms with Crippen LogP contribution in [0.25, 0.3) is 0 Å². The molecule has 1 fully saturated rings. The number of rotatable bonds is 5. The Morgan fingerprint density at radius 3 is 2.61 bits per heavy atom. The Bertz CT molecular complexity index is 470. The number of carbonyl (C=O) groups is 3. The van der Waals surface area contributed by atoms with Gasteiger partial charge in [-0.05, 0) is 12.8 Å². The number of halogens is 3. The Kier molecular flexibility index (Phi) is 6.22. The van der Waals surface area contributed by atoms with Crippen LogP contribution in [0.15, 0.2) is 0 Å². The number of alkyl halides is 3. The third-order valence-corrected chi connectivity index (χ3v) is 3.51. The molecule has 2 N–H and O–H groups in total. The van der Waals surface area contributed by atoms with Crippen LogP contribution in [0, 0.1) is 5.92 Å². The van der Waals surface area contributed by atoms with Gasteiger partial charge < -0.3 is 20.2 Å². The maximum absolute atomic E-state index is 12.4. The van der Waals surface area contributed by atoms with Crippen LogP contribution in [-0.2, 0) is 9.59 Å². The molecule has 23 heavy (non-hydrogen) atoms. The third-order valence-electron chi connectivity index (χ3n) is 3.51. The van der Waals surface area contributed by atoms with E-state index in [9.17, 15) is 27.6 Å². The van der Waals surface area contributed by atoms with E-state index in [1.165, 1.54) is 14.0 Å². The van der Waals surface area contributed by atoms with Crippen molar-refractivity contribution in [2.24, 2.45) is 5.92 Å². The summed E-state index contributed by atoms with van der Waals surface area (Å²) in [5.41, 5.74) is 0. The Labute approximate surface area is 131 Å². The molecule has 0 aliphatic carbocycles. The monoisotopic (exact) mass is 339 g/mol. The molecule has 2 unspecified atom stereocenters. The van der Waals surface area contributed by atoms with Crippen LogP contribution in [0.4, 0.5) is 18.0 Å². The zero-order valence-corrected chi connectivity index (χ0v) is 12.9. The molecule has 10 heteroatoms. The summed E-state index contributed by atoms with van der Waals surface area (Å²) in [6.45, 7) is -0.00201. The second kappa shape index (κ2) is 7.51. The molecule has 7 nitrogen and oxygen atoms in total. The van der Waals surface area contributed by atoms with Gasteiger partial charge in [0.15, 0.2) is 0 Å². The Hall–Kier alpha value is -2.00. The van der Waals surface area contributed by atoms with Gasteiger partial charge in [0.05, 0.1) is 5.92 Å². The third kappa shape index (κ3) is 5.95. The summed E-state index contributed by atoms with van der Waals surface area (Å²) in [7, 11) is 1.36. The van der Waals surface area contributed by atoms with Crippen LogP contribution in [-0.4, -0.2) is 71.7 Å². The summed E-state index contributed by atoms with van der Waals surface area (Å²) in [6.07, 6.45) is -3.89. The highest BCUT2D eigenvalue weighted by atomic mass is 19.4. The fraction of sp³-hybridized carbons (Fsp3) is 0.769. The number of amides is 3. The molecule has 132 valence electrons. The van der Waals surface area contributed by atoms with E-state index in [1.807, 2.05) is 0 Å². The highest BCUT2D eigenvalue weighted by molar-refractivity contribution is 5.87. The number of hydrogen-bond acceptors (Lipinski definition) is 3. The van der Waals surface area contributed by atoms with Gasteiger partial charge in [-0.2, -0.15) is 13.2 Å². The van der Waals surface area contributed by atoms with E-state index >= 15 is 0 Å². The van der Waals surface area contributed by atoms with Gasteiger partial charge in [-0.25, -0.2) is 4.79 Å². The van der Waals surface area contributed by atoms with E-state index in [0.717, 1.165) is 4.90 Å². The first-order valence-corrected chi connectivity index (χ1v) is 7.11. The van der Waals surface area contributed by atoms with E-state index in [-0.39, 0.29) is 19.5 Å². The minimum atomic E-state index is -4.49. The van der Waals surface area contributed by atoms with Gasteiger partial charge in [0.1, 0.15) is 12.6 Å². The van der Waals surface area contributed by atoms with Crippen molar-refractivity contribution < 1.29 is 32.7 Å². The van der Waals surface area contributed by atoms with E-state index in [2.05, 4.69) is 5.32 Å². The van der Waals surface area contributed by atoms with Gasteiger partial charge >= 0.3 is 18.2 Å². The predicted octanol–water partition coefficient (Wildman–Crippen LogP) is 0.902. The molecule has 0 radical (unpaired) electrons. The highest BCUT2D eigenvalue weighted by Gasteiger charge is 2.38. The zero-order valence-electron chi connectivity index (χ0n) is 12.9. The lowest BCUT2D eigenvalue weighted by Crippen LogP contribution is -2.56. The zero-order chi connectivity index (χ0) is 17.8. The van der Waals surface area contributed by atoms with Gasteiger partial charge in [-0.3, -0.25) is 9.59 Å². The Morgan fingerprint density at radius 1 is 1.48 bits per heavy atom. The van der Waals surface area contributed by atoms with Crippen molar-refractivity contribution in [3.05, 3.63) is 0 Å². The molecule has 1 saturated heterocycles. The molecular weight excluding hydrogens is 319 g/mol. The van der Waals surface area contributed by atoms with Gasteiger partial charge in [-0.1, -0.05) is 6.92 Å². The van der Waals surface area contributed by atoms with Crippen molar-refractivity contribution in [3.63, 3.8) is 0 Å². The van der Waals surface area contributed by atoms with E-state index in [0.29, 0.717) is 11.3 Å². The summed E-state index contributed by atoms with van der Waals surface area (Å²) >= 11 is 0. The predicted molar refractivity (Wildman–Crippen MR) is 73.6 cm³/mol. The van der Waals surface area contributed by atoms with Gasteiger partial charge in [-0.15, -0.1) is 0 Å². The fourth-order valence-electron chi connectivity index (χ4n) is 2.28. The van der Waals surface area contributed by atoms with Crippen LogP contribution in [0.5, 0.6) is 0 Å². The van der Waals surface area contributed by atoms with Crippen molar-refractivity contribution in [2.45, 2.75) is 32.0 Å². The van der Waals surface area contributed by atoms with Crippen LogP contribution in [0.3, 0.4) is 0 Å². The average Bonchev–Trinajstić information content (AvgIpc) is 2.41. The normalized spacial score (nSPS) is 20.1. The molecule has 0 aromatic carbocycles. The molecule has 1 heterocycles. The van der Waals surface area contributed by atoms with Crippen molar-refractivity contribution in [3.8, 4) is 0 Å². The minimum Gasteiger partial charge on any atom is -0.481 e. The molecule has 0 spiro atoms. The van der Waals surface area contributed by atoms with Crippen LogP contribution in [0.1, 0.15) is 19.8 Å². The van der Waals surface area contributed by atoms with E-state index < -0.39 is 42.6 Å². The molecule has 1 aliphatic rings. The van der Waals surface area contributed by atoms with Gasteiger partial charge in [0, 0.05) is 20.1 Å². The maximum atomic E-state index is 12.4. The number of urea groups is 1. The van der Waals surface area contributed by atoms with Crippen LogP contribution < -0.4 is 5.32 Å². The van der Waals surface area contributed by atoms with Gasteiger partial charge in [0.25, 0.3) is 0 Å². The van der Waals surface area contributed by atoms with Crippen LogP contribution in [0.2, 0.25) is 0 Å². The van der Waals surface area contributed by atoms with E-state index in [1.54, 1.807) is 0 Å². The first-order chi connectivity index (χ1) is 10.5. The highest BCUT2D eigenvalue weighted by Crippen LogP contribution is 2.20. The molecule has 1 rings (SSSR count). The Balaban J connectivity index is 2.60. The van der Waals surface area contributed by atoms with Crippen molar-refractivity contribution in [1.29, 1.82) is 0 Å². The van der Waals surface area contributed by atoms with Crippen molar-refractivity contribution in [1.82, 2.24) is 15.1 Å². The largest absolute Gasteiger partial charge is 0.481 e. The van der Waals surface area contributed by atoms with Crippen molar-refractivity contribution in [2.75, 3.05) is 26.7 Å². The summed E-state index contributed by atoms with van der Waals surface area (Å²) in [6, 6.07) is -1.72. The lowest BCUT2D eigenvalue weighted by atomic mass is 10.0. The fourth-order valence-corrected chi connectivity index (χ4v) is 2.28. The number of nitrogens with zero attached hydrogens (tertiary/aromatic N) is 2. The number of nitrogens with one attached hydrogen (secondary N) is 1. The number of hydrogen-bond donors (Lipinski definition) is 2.